The first kappa shape index (κ1) is 14.6. The van der Waals surface area contributed by atoms with Crippen molar-refractivity contribution in [2.45, 2.75) is 24.6 Å². The van der Waals surface area contributed by atoms with Crippen LogP contribution in [0.5, 0.6) is 0 Å². The quantitative estimate of drug-likeness (QED) is 0.834. The lowest BCUT2D eigenvalue weighted by molar-refractivity contribution is 0.197. The molecule has 110 valence electrons. The average molecular weight is 336 g/mol. The molecule has 20 heavy (non-hydrogen) atoms. The maximum absolute atomic E-state index is 12.6. The second kappa shape index (κ2) is 5.46. The first-order chi connectivity index (χ1) is 9.48. The van der Waals surface area contributed by atoms with Crippen LogP contribution in [0.4, 0.5) is 0 Å². The van der Waals surface area contributed by atoms with E-state index in [0.717, 1.165) is 11.1 Å². The standard InChI is InChI=1S/C13H15Cl2NO3S/c14-10-5-9-1-3-16(7-12(9)13(15)6-10)20(17,18)11-2-4-19-8-11/h5-6,11H,1-4,7-8H2/t11-/m0/s1. The van der Waals surface area contributed by atoms with Gasteiger partial charge >= 0.3 is 0 Å². The third-order valence-corrected chi connectivity index (χ3v) is 6.69. The van der Waals surface area contributed by atoms with E-state index in [9.17, 15) is 8.42 Å². The number of fused-ring (bicyclic) bond motifs is 1. The monoisotopic (exact) mass is 335 g/mol. The minimum atomic E-state index is -3.31. The van der Waals surface area contributed by atoms with Gasteiger partial charge in [-0.3, -0.25) is 0 Å². The SMILES string of the molecule is O=S(=O)([C@H]1CCOC1)N1CCc2cc(Cl)cc(Cl)c2C1. The van der Waals surface area contributed by atoms with Crippen molar-refractivity contribution in [1.29, 1.82) is 0 Å². The van der Waals surface area contributed by atoms with Crippen molar-refractivity contribution in [3.63, 3.8) is 0 Å². The normalized spacial score (nSPS) is 23.8. The Morgan fingerprint density at radius 2 is 2.10 bits per heavy atom. The number of ether oxygens (including phenoxy) is 1. The minimum Gasteiger partial charge on any atom is -0.380 e. The average Bonchev–Trinajstić information content (AvgIpc) is 2.92. The largest absolute Gasteiger partial charge is 0.380 e. The summed E-state index contributed by atoms with van der Waals surface area (Å²) >= 11 is 12.2. The summed E-state index contributed by atoms with van der Waals surface area (Å²) in [4.78, 5) is 0. The molecular formula is C13H15Cl2NO3S. The molecule has 1 aromatic rings. The summed E-state index contributed by atoms with van der Waals surface area (Å²) in [5.74, 6) is 0. The topological polar surface area (TPSA) is 46.6 Å². The zero-order valence-corrected chi connectivity index (χ0v) is 13.1. The van der Waals surface area contributed by atoms with Crippen molar-refractivity contribution in [2.75, 3.05) is 19.8 Å². The molecule has 1 saturated heterocycles. The van der Waals surface area contributed by atoms with E-state index in [1.807, 2.05) is 6.07 Å². The molecule has 2 aliphatic rings. The van der Waals surface area contributed by atoms with Crippen molar-refractivity contribution >= 4 is 33.2 Å². The van der Waals surface area contributed by atoms with E-state index in [1.54, 1.807) is 6.07 Å². The lowest BCUT2D eigenvalue weighted by Gasteiger charge is -2.30. The Kier molecular flexibility index (Phi) is 3.99. The first-order valence-electron chi connectivity index (χ1n) is 6.52. The zero-order chi connectivity index (χ0) is 14.3. The highest BCUT2D eigenvalue weighted by atomic mass is 35.5. The van der Waals surface area contributed by atoms with E-state index in [2.05, 4.69) is 0 Å². The summed E-state index contributed by atoms with van der Waals surface area (Å²) in [7, 11) is -3.31. The van der Waals surface area contributed by atoms with Crippen LogP contribution in [-0.2, 0) is 27.7 Å². The van der Waals surface area contributed by atoms with Crippen LogP contribution in [0.25, 0.3) is 0 Å². The fraction of sp³-hybridized carbons (Fsp3) is 0.538. The molecule has 0 aliphatic carbocycles. The second-order valence-electron chi connectivity index (χ2n) is 5.14. The van der Waals surface area contributed by atoms with E-state index in [-0.39, 0.29) is 0 Å². The Labute approximate surface area is 128 Å². The molecular weight excluding hydrogens is 321 g/mol. The highest BCUT2D eigenvalue weighted by molar-refractivity contribution is 7.89. The van der Waals surface area contributed by atoms with E-state index >= 15 is 0 Å². The predicted molar refractivity (Wildman–Crippen MR) is 78.7 cm³/mol. The molecule has 2 heterocycles. The van der Waals surface area contributed by atoms with Crippen molar-refractivity contribution in [3.05, 3.63) is 33.3 Å². The van der Waals surface area contributed by atoms with Gasteiger partial charge in [0, 0.05) is 29.7 Å². The molecule has 0 unspecified atom stereocenters. The predicted octanol–water partition coefficient (Wildman–Crippen LogP) is 2.47. The van der Waals surface area contributed by atoms with Crippen LogP contribution in [0, 0.1) is 0 Å². The summed E-state index contributed by atoms with van der Waals surface area (Å²) < 4.78 is 31.8. The number of nitrogens with zero attached hydrogens (tertiary/aromatic N) is 1. The van der Waals surface area contributed by atoms with Crippen LogP contribution in [0.1, 0.15) is 17.5 Å². The molecule has 7 heteroatoms. The molecule has 0 saturated carbocycles. The molecule has 2 aliphatic heterocycles. The van der Waals surface area contributed by atoms with Crippen LogP contribution in [-0.4, -0.2) is 37.7 Å². The van der Waals surface area contributed by atoms with Gasteiger partial charge in [0.1, 0.15) is 5.25 Å². The summed E-state index contributed by atoms with van der Waals surface area (Å²) in [6.45, 7) is 1.61. The summed E-state index contributed by atoms with van der Waals surface area (Å²) in [5.41, 5.74) is 1.90. The van der Waals surface area contributed by atoms with Gasteiger partial charge in [-0.15, -0.1) is 0 Å². The van der Waals surface area contributed by atoms with Gasteiger partial charge in [0.05, 0.1) is 6.61 Å². The lowest BCUT2D eigenvalue weighted by Crippen LogP contribution is -2.42. The molecule has 0 bridgehead atoms. The number of rotatable bonds is 2. The van der Waals surface area contributed by atoms with Gasteiger partial charge in [-0.1, -0.05) is 23.2 Å². The van der Waals surface area contributed by atoms with Gasteiger partial charge < -0.3 is 4.74 Å². The van der Waals surface area contributed by atoms with Gasteiger partial charge in [0.25, 0.3) is 0 Å². The number of hydrogen-bond acceptors (Lipinski definition) is 3. The van der Waals surface area contributed by atoms with Gasteiger partial charge in [0.15, 0.2) is 0 Å². The Bertz CT molecular complexity index is 627. The highest BCUT2D eigenvalue weighted by Gasteiger charge is 2.36. The molecule has 0 spiro atoms. The first-order valence-corrected chi connectivity index (χ1v) is 8.78. The number of hydrogen-bond donors (Lipinski definition) is 0. The third-order valence-electron chi connectivity index (χ3n) is 3.89. The molecule has 1 fully saturated rings. The van der Waals surface area contributed by atoms with Crippen molar-refractivity contribution in [2.24, 2.45) is 0 Å². The zero-order valence-electron chi connectivity index (χ0n) is 10.8. The molecule has 1 aromatic carbocycles. The molecule has 4 nitrogen and oxygen atoms in total. The molecule has 0 N–H and O–H groups in total. The highest BCUT2D eigenvalue weighted by Crippen LogP contribution is 2.32. The Morgan fingerprint density at radius 1 is 1.30 bits per heavy atom. The Balaban J connectivity index is 1.88. The number of sulfonamides is 1. The Morgan fingerprint density at radius 3 is 2.80 bits per heavy atom. The van der Waals surface area contributed by atoms with E-state index in [0.29, 0.717) is 49.2 Å². The smallest absolute Gasteiger partial charge is 0.219 e. The van der Waals surface area contributed by atoms with Gasteiger partial charge in [-0.05, 0) is 36.1 Å². The number of benzene rings is 1. The Hall–Kier alpha value is -0.330. The maximum Gasteiger partial charge on any atom is 0.219 e. The molecule has 0 radical (unpaired) electrons. The molecule has 0 amide bonds. The van der Waals surface area contributed by atoms with E-state index in [1.165, 1.54) is 4.31 Å². The van der Waals surface area contributed by atoms with E-state index < -0.39 is 15.3 Å². The summed E-state index contributed by atoms with van der Waals surface area (Å²) in [6.07, 6.45) is 1.21. The molecule has 3 rings (SSSR count). The van der Waals surface area contributed by atoms with Crippen LogP contribution >= 0.6 is 23.2 Å². The van der Waals surface area contributed by atoms with Crippen LogP contribution in [0.3, 0.4) is 0 Å². The minimum absolute atomic E-state index is 0.292. The van der Waals surface area contributed by atoms with Crippen LogP contribution in [0.15, 0.2) is 12.1 Å². The fourth-order valence-electron chi connectivity index (χ4n) is 2.73. The molecule has 1 atom stereocenters. The fourth-order valence-corrected chi connectivity index (χ4v) is 5.07. The van der Waals surface area contributed by atoms with Crippen LogP contribution < -0.4 is 0 Å². The van der Waals surface area contributed by atoms with Crippen molar-refractivity contribution in [1.82, 2.24) is 4.31 Å². The van der Waals surface area contributed by atoms with Gasteiger partial charge in [-0.25, -0.2) is 8.42 Å². The van der Waals surface area contributed by atoms with Gasteiger partial charge in [-0.2, -0.15) is 4.31 Å². The molecule has 0 aromatic heterocycles. The van der Waals surface area contributed by atoms with Crippen molar-refractivity contribution < 1.29 is 13.2 Å². The second-order valence-corrected chi connectivity index (χ2v) is 8.20. The summed E-state index contributed by atoms with van der Waals surface area (Å²) in [6, 6.07) is 3.53. The summed E-state index contributed by atoms with van der Waals surface area (Å²) in [5, 5.41) is 0.708. The number of halogens is 2. The van der Waals surface area contributed by atoms with Gasteiger partial charge in [0.2, 0.25) is 10.0 Å². The maximum atomic E-state index is 12.6. The lowest BCUT2D eigenvalue weighted by atomic mass is 10.0. The van der Waals surface area contributed by atoms with Crippen LogP contribution in [0.2, 0.25) is 10.0 Å². The van der Waals surface area contributed by atoms with Crippen molar-refractivity contribution in [3.8, 4) is 0 Å². The van der Waals surface area contributed by atoms with E-state index in [4.69, 9.17) is 27.9 Å². The third kappa shape index (κ3) is 2.57.